The largest absolute Gasteiger partial charge is 0.332 e. The minimum Gasteiger partial charge on any atom is -0.332 e. The second kappa shape index (κ2) is 2.78. The third-order valence-corrected chi connectivity index (χ3v) is 1.41. The molecule has 0 amide bonds. The summed E-state index contributed by atoms with van der Waals surface area (Å²) >= 11 is 3.91. The van der Waals surface area contributed by atoms with Gasteiger partial charge in [0.1, 0.15) is 0 Å². The number of nitrogens with one attached hydrogen (secondary N) is 1. The molecule has 0 aliphatic rings. The zero-order valence-corrected chi connectivity index (χ0v) is 6.15. The summed E-state index contributed by atoms with van der Waals surface area (Å²) < 4.78 is 2.76. The van der Waals surface area contributed by atoms with Gasteiger partial charge in [-0.05, 0) is 24.6 Å². The number of aryl methyl sites for hydroxylation is 1. The van der Waals surface area contributed by atoms with Gasteiger partial charge >= 0.3 is 0 Å². The molecular formula is C7H9NS. The predicted molar refractivity (Wildman–Crippen MR) is 43.8 cm³/mol. The van der Waals surface area contributed by atoms with E-state index in [1.54, 1.807) is 0 Å². The summed E-state index contributed by atoms with van der Waals surface area (Å²) in [5, 5.41) is 0. The maximum Gasteiger partial charge on any atom is 0.0440 e. The van der Waals surface area contributed by atoms with Crippen LogP contribution in [0.4, 0.5) is 5.69 Å². The Kier molecular flexibility index (Phi) is 2.01. The van der Waals surface area contributed by atoms with Crippen LogP contribution in [0.3, 0.4) is 0 Å². The Labute approximate surface area is 60.6 Å². The maximum absolute atomic E-state index is 3.91. The van der Waals surface area contributed by atoms with E-state index >= 15 is 0 Å². The van der Waals surface area contributed by atoms with Crippen LogP contribution in [0.1, 0.15) is 5.56 Å². The molecule has 9 heavy (non-hydrogen) atoms. The van der Waals surface area contributed by atoms with E-state index in [-0.39, 0.29) is 0 Å². The molecule has 1 aromatic carbocycles. The van der Waals surface area contributed by atoms with Crippen molar-refractivity contribution in [1.29, 1.82) is 0 Å². The molecule has 0 heterocycles. The van der Waals surface area contributed by atoms with Crippen molar-refractivity contribution in [3.05, 3.63) is 29.8 Å². The third-order valence-electron chi connectivity index (χ3n) is 1.15. The Morgan fingerprint density at radius 2 is 2.22 bits per heavy atom. The van der Waals surface area contributed by atoms with Gasteiger partial charge in [0.05, 0.1) is 0 Å². The van der Waals surface area contributed by atoms with E-state index < -0.39 is 0 Å². The van der Waals surface area contributed by atoms with E-state index in [9.17, 15) is 0 Å². The first-order valence-corrected chi connectivity index (χ1v) is 3.24. The predicted octanol–water partition coefficient (Wildman–Crippen LogP) is 2.25. The first kappa shape index (κ1) is 6.49. The van der Waals surface area contributed by atoms with Crippen LogP contribution in [0.25, 0.3) is 0 Å². The highest BCUT2D eigenvalue weighted by molar-refractivity contribution is 7.81. The van der Waals surface area contributed by atoms with Crippen molar-refractivity contribution in [3.63, 3.8) is 0 Å². The smallest absolute Gasteiger partial charge is 0.0440 e. The highest BCUT2D eigenvalue weighted by atomic mass is 32.1. The Bertz CT molecular complexity index is 198. The van der Waals surface area contributed by atoms with Crippen molar-refractivity contribution < 1.29 is 0 Å². The van der Waals surface area contributed by atoms with Crippen LogP contribution < -0.4 is 4.72 Å². The van der Waals surface area contributed by atoms with Crippen LogP contribution in [-0.2, 0) is 0 Å². The molecule has 48 valence electrons. The average molecular weight is 139 g/mol. The van der Waals surface area contributed by atoms with Crippen molar-refractivity contribution in [1.82, 2.24) is 0 Å². The van der Waals surface area contributed by atoms with Crippen LogP contribution in [0.15, 0.2) is 24.3 Å². The Morgan fingerprint density at radius 1 is 1.44 bits per heavy atom. The van der Waals surface area contributed by atoms with Crippen molar-refractivity contribution in [2.75, 3.05) is 4.72 Å². The van der Waals surface area contributed by atoms with E-state index in [0.29, 0.717) is 0 Å². The monoisotopic (exact) mass is 139 g/mol. The summed E-state index contributed by atoms with van der Waals surface area (Å²) in [7, 11) is 0. The minimum atomic E-state index is 1.04. The lowest BCUT2D eigenvalue weighted by Crippen LogP contribution is -1.79. The maximum atomic E-state index is 3.91. The fourth-order valence-electron chi connectivity index (χ4n) is 0.715. The van der Waals surface area contributed by atoms with Crippen LogP contribution in [0, 0.1) is 6.92 Å². The molecule has 2 heteroatoms. The van der Waals surface area contributed by atoms with Crippen LogP contribution >= 0.6 is 12.8 Å². The van der Waals surface area contributed by atoms with Crippen molar-refractivity contribution in [2.45, 2.75) is 6.92 Å². The van der Waals surface area contributed by atoms with Gasteiger partial charge in [0, 0.05) is 5.69 Å². The highest BCUT2D eigenvalue weighted by Crippen LogP contribution is 2.09. The van der Waals surface area contributed by atoms with Crippen LogP contribution in [0.2, 0.25) is 0 Å². The molecule has 0 fully saturated rings. The first-order valence-electron chi connectivity index (χ1n) is 2.79. The number of benzene rings is 1. The lowest BCUT2D eigenvalue weighted by molar-refractivity contribution is 1.47. The fourth-order valence-corrected chi connectivity index (χ4v) is 0.854. The molecular weight excluding hydrogens is 130 g/mol. The summed E-state index contributed by atoms with van der Waals surface area (Å²) in [6, 6.07) is 8.05. The number of rotatable bonds is 1. The molecule has 1 N–H and O–H groups in total. The number of hydrogen-bond donors (Lipinski definition) is 2. The van der Waals surface area contributed by atoms with Gasteiger partial charge in [0.25, 0.3) is 0 Å². The van der Waals surface area contributed by atoms with E-state index in [1.165, 1.54) is 5.56 Å². The molecule has 0 bridgehead atoms. The molecule has 0 aliphatic carbocycles. The second-order valence-electron chi connectivity index (χ2n) is 1.98. The molecule has 0 atom stereocenters. The Hall–Kier alpha value is -0.630. The van der Waals surface area contributed by atoms with Gasteiger partial charge in [-0.3, -0.25) is 0 Å². The molecule has 0 spiro atoms. The molecule has 1 aromatic rings. The molecule has 0 aliphatic heterocycles. The summed E-state index contributed by atoms with van der Waals surface area (Å²) in [4.78, 5) is 0. The zero-order valence-electron chi connectivity index (χ0n) is 5.26. The van der Waals surface area contributed by atoms with Gasteiger partial charge in [0.15, 0.2) is 0 Å². The normalized spacial score (nSPS) is 9.11. The molecule has 0 unspecified atom stereocenters. The number of anilines is 1. The van der Waals surface area contributed by atoms with Crippen molar-refractivity contribution in [2.24, 2.45) is 0 Å². The quantitative estimate of drug-likeness (QED) is 0.569. The number of thiol groups is 1. The summed E-state index contributed by atoms with van der Waals surface area (Å²) in [5.41, 5.74) is 2.28. The fraction of sp³-hybridized carbons (Fsp3) is 0.143. The topological polar surface area (TPSA) is 12.0 Å². The van der Waals surface area contributed by atoms with Crippen LogP contribution in [0.5, 0.6) is 0 Å². The van der Waals surface area contributed by atoms with Gasteiger partial charge < -0.3 is 4.72 Å². The minimum absolute atomic E-state index is 1.04. The van der Waals surface area contributed by atoms with Gasteiger partial charge in [-0.15, -0.1) is 0 Å². The molecule has 0 saturated heterocycles. The van der Waals surface area contributed by atoms with Gasteiger partial charge in [-0.1, -0.05) is 24.9 Å². The van der Waals surface area contributed by atoms with E-state index in [4.69, 9.17) is 0 Å². The zero-order chi connectivity index (χ0) is 6.69. The lowest BCUT2D eigenvalue weighted by Gasteiger charge is -1.97. The van der Waals surface area contributed by atoms with Gasteiger partial charge in [0.2, 0.25) is 0 Å². The van der Waals surface area contributed by atoms with Crippen molar-refractivity contribution in [3.8, 4) is 0 Å². The Balaban J connectivity index is 2.94. The van der Waals surface area contributed by atoms with Gasteiger partial charge in [-0.2, -0.15) is 0 Å². The van der Waals surface area contributed by atoms with E-state index in [0.717, 1.165) is 5.69 Å². The highest BCUT2D eigenvalue weighted by Gasteiger charge is 1.85. The van der Waals surface area contributed by atoms with Crippen molar-refractivity contribution >= 4 is 18.5 Å². The van der Waals surface area contributed by atoms with Gasteiger partial charge in [-0.25, -0.2) is 0 Å². The molecule has 1 rings (SSSR count). The molecule has 0 radical (unpaired) electrons. The summed E-state index contributed by atoms with van der Waals surface area (Å²) in [5.74, 6) is 0. The average Bonchev–Trinajstić information content (AvgIpc) is 1.88. The van der Waals surface area contributed by atoms with Crippen LogP contribution in [-0.4, -0.2) is 0 Å². The summed E-state index contributed by atoms with van der Waals surface area (Å²) in [6.45, 7) is 2.05. The Morgan fingerprint density at radius 3 is 2.67 bits per heavy atom. The number of hydrogen-bond acceptors (Lipinski definition) is 2. The summed E-state index contributed by atoms with van der Waals surface area (Å²) in [6.07, 6.45) is 0. The van der Waals surface area contributed by atoms with E-state index in [2.05, 4.69) is 30.5 Å². The standard InChI is InChI=1S/C7H9NS/c1-6-3-2-4-7(5-6)8-9/h2-5,8-9H,1H3. The first-order chi connectivity index (χ1) is 4.33. The molecule has 0 aromatic heterocycles. The third kappa shape index (κ3) is 1.64. The van der Waals surface area contributed by atoms with E-state index in [1.807, 2.05) is 18.2 Å². The second-order valence-corrected chi connectivity index (χ2v) is 2.20. The SMILES string of the molecule is Cc1cccc(NS)c1. The lowest BCUT2D eigenvalue weighted by atomic mass is 10.2. The molecule has 0 saturated carbocycles. The molecule has 1 nitrogen and oxygen atoms in total.